The molecule has 13 rings (SSSR count). The normalized spacial score (nSPS) is 12.1. The molecule has 0 unspecified atom stereocenters. The lowest BCUT2D eigenvalue weighted by atomic mass is 10.0. The van der Waals surface area contributed by atoms with Crippen LogP contribution in [0.1, 0.15) is 0 Å². The molecule has 0 saturated carbocycles. The van der Waals surface area contributed by atoms with Crippen molar-refractivity contribution in [1.29, 1.82) is 0 Å². The molecule has 6 heterocycles. The largest absolute Gasteiger partial charge is 0.455 e. The maximum atomic E-state index is 6.40. The molecule has 6 aromatic heterocycles. The number of benzene rings is 7. The number of para-hydroxylation sites is 4. The smallest absolute Gasteiger partial charge is 0.260 e. The van der Waals surface area contributed by atoms with Gasteiger partial charge in [-0.2, -0.15) is 28.5 Å². The third-order valence-electron chi connectivity index (χ3n) is 11.1. The van der Waals surface area contributed by atoms with Crippen LogP contribution in [0.3, 0.4) is 0 Å². The third-order valence-corrected chi connectivity index (χ3v) is 11.1. The summed E-state index contributed by atoms with van der Waals surface area (Å²) < 4.78 is 13.8. The molecule has 0 aliphatic heterocycles. The molecule has 13 aromatic rings. The Balaban J connectivity index is 0.996. The molecule has 0 aliphatic rings. The molecule has 0 bridgehead atoms. The van der Waals surface area contributed by atoms with Crippen molar-refractivity contribution in [1.82, 2.24) is 48.4 Å². The van der Waals surface area contributed by atoms with Gasteiger partial charge in [0.2, 0.25) is 0 Å². The van der Waals surface area contributed by atoms with Crippen LogP contribution in [-0.4, -0.2) is 48.4 Å². The Kier molecular flexibility index (Phi) is 6.47. The standard InChI is InChI=1S/C48H28N10O/c1-2-13-29(14-3-1)43-49-46-56(52-43)48-51-45(32-17-11-18-33(28-32)55-39-24-7-4-19-35(39)36-20-5-8-25-40(36)55)54-58(48)47-50-44(53-57(46)47)31-16-10-15-30(27-31)34-22-12-23-38-37-21-6-9-26-41(37)59-42(34)38/h1-28H. The fourth-order valence-electron chi connectivity index (χ4n) is 8.46. The molecule has 0 spiro atoms. The van der Waals surface area contributed by atoms with Crippen LogP contribution in [0.5, 0.6) is 0 Å². The lowest BCUT2D eigenvalue weighted by Gasteiger charge is -2.08. The second-order valence-corrected chi connectivity index (χ2v) is 14.6. The van der Waals surface area contributed by atoms with Crippen molar-refractivity contribution in [3.05, 3.63) is 170 Å². The molecule has 0 amide bonds. The topological polar surface area (TPSA) is 109 Å². The van der Waals surface area contributed by atoms with E-state index in [1.54, 1.807) is 13.5 Å². The Morgan fingerprint density at radius 2 is 0.864 bits per heavy atom. The monoisotopic (exact) mass is 760 g/mol. The van der Waals surface area contributed by atoms with E-state index in [2.05, 4.69) is 102 Å². The van der Waals surface area contributed by atoms with E-state index in [1.807, 2.05) is 72.8 Å². The van der Waals surface area contributed by atoms with Crippen molar-refractivity contribution >= 4 is 61.1 Å². The number of hydrogen-bond donors (Lipinski definition) is 0. The summed E-state index contributed by atoms with van der Waals surface area (Å²) in [4.78, 5) is 15.2. The molecule has 0 radical (unpaired) electrons. The van der Waals surface area contributed by atoms with Crippen molar-refractivity contribution in [2.45, 2.75) is 0 Å². The SMILES string of the molecule is c1ccc(-c2nc3n(n2)c2nc(-c4cccc(-n5c6ccccc6c6ccccc65)c4)nn2c2nc(-c4cccc(-c5cccc6c5oc5ccccc56)c4)nn32)cc1. The minimum absolute atomic E-state index is 0.455. The van der Waals surface area contributed by atoms with E-state index in [0.29, 0.717) is 34.8 Å². The first-order chi connectivity index (χ1) is 29.2. The minimum atomic E-state index is 0.455. The highest BCUT2D eigenvalue weighted by Gasteiger charge is 2.23. The van der Waals surface area contributed by atoms with Gasteiger partial charge in [0.25, 0.3) is 17.3 Å². The second-order valence-electron chi connectivity index (χ2n) is 14.6. The molecular formula is C48H28N10O. The molecule has 11 nitrogen and oxygen atoms in total. The molecule has 0 saturated heterocycles. The summed E-state index contributed by atoms with van der Waals surface area (Å²) in [7, 11) is 0. The van der Waals surface area contributed by atoms with Crippen molar-refractivity contribution in [2.75, 3.05) is 0 Å². The maximum absolute atomic E-state index is 6.40. The van der Waals surface area contributed by atoms with Crippen LogP contribution in [0, 0.1) is 0 Å². The van der Waals surface area contributed by atoms with E-state index >= 15 is 0 Å². The Morgan fingerprint density at radius 3 is 1.54 bits per heavy atom. The highest BCUT2D eigenvalue weighted by molar-refractivity contribution is 6.10. The number of furan rings is 1. The van der Waals surface area contributed by atoms with Gasteiger partial charge in [0.1, 0.15) is 11.2 Å². The van der Waals surface area contributed by atoms with Crippen molar-refractivity contribution < 1.29 is 4.42 Å². The average molecular weight is 761 g/mol. The highest BCUT2D eigenvalue weighted by atomic mass is 16.3. The van der Waals surface area contributed by atoms with E-state index in [-0.39, 0.29) is 0 Å². The summed E-state index contributed by atoms with van der Waals surface area (Å²) in [5.74, 6) is 2.94. The number of nitrogens with zero attached hydrogens (tertiary/aromatic N) is 10. The summed E-state index contributed by atoms with van der Waals surface area (Å²) in [6.45, 7) is 0. The van der Waals surface area contributed by atoms with Gasteiger partial charge in [-0.15, -0.1) is 15.3 Å². The Hall–Kier alpha value is -8.44. The minimum Gasteiger partial charge on any atom is -0.455 e. The van der Waals surface area contributed by atoms with Crippen LogP contribution >= 0.6 is 0 Å². The zero-order valence-electron chi connectivity index (χ0n) is 31.0. The molecular weight excluding hydrogens is 733 g/mol. The first-order valence-electron chi connectivity index (χ1n) is 19.3. The van der Waals surface area contributed by atoms with Crippen LogP contribution in [0.15, 0.2) is 174 Å². The van der Waals surface area contributed by atoms with Crippen LogP contribution in [-0.2, 0) is 0 Å². The van der Waals surface area contributed by atoms with Crippen molar-refractivity contribution in [3.8, 4) is 51.0 Å². The van der Waals surface area contributed by atoms with Crippen molar-refractivity contribution in [3.63, 3.8) is 0 Å². The predicted molar refractivity (Wildman–Crippen MR) is 229 cm³/mol. The fourth-order valence-corrected chi connectivity index (χ4v) is 8.46. The molecule has 7 aromatic carbocycles. The Morgan fingerprint density at radius 1 is 0.373 bits per heavy atom. The molecule has 0 aliphatic carbocycles. The summed E-state index contributed by atoms with van der Waals surface area (Å²) in [6.07, 6.45) is 0. The zero-order chi connectivity index (χ0) is 38.6. The van der Waals surface area contributed by atoms with Crippen LogP contribution in [0.2, 0.25) is 0 Å². The lowest BCUT2D eigenvalue weighted by molar-refractivity contribution is 0.670. The van der Waals surface area contributed by atoms with Gasteiger partial charge in [-0.3, -0.25) is 0 Å². The van der Waals surface area contributed by atoms with Gasteiger partial charge in [-0.05, 0) is 42.0 Å². The molecule has 11 heteroatoms. The number of fused-ring (bicyclic) bond motifs is 12. The maximum Gasteiger partial charge on any atom is 0.260 e. The van der Waals surface area contributed by atoms with E-state index in [4.69, 9.17) is 34.7 Å². The lowest BCUT2D eigenvalue weighted by Crippen LogP contribution is -2.06. The predicted octanol–water partition coefficient (Wildman–Crippen LogP) is 10.5. The van der Waals surface area contributed by atoms with E-state index < -0.39 is 0 Å². The van der Waals surface area contributed by atoms with Crippen LogP contribution < -0.4 is 0 Å². The van der Waals surface area contributed by atoms with Gasteiger partial charge in [0, 0.05) is 49.5 Å². The number of aromatic nitrogens is 10. The Bertz CT molecular complexity index is 3760. The molecule has 59 heavy (non-hydrogen) atoms. The van der Waals surface area contributed by atoms with Gasteiger partial charge in [0.15, 0.2) is 17.5 Å². The molecule has 0 fully saturated rings. The molecule has 0 N–H and O–H groups in total. The van der Waals surface area contributed by atoms with E-state index in [1.165, 1.54) is 10.8 Å². The fraction of sp³-hybridized carbons (Fsp3) is 0. The van der Waals surface area contributed by atoms with Gasteiger partial charge in [0.05, 0.1) is 11.0 Å². The second kappa shape index (κ2) is 12.0. The summed E-state index contributed by atoms with van der Waals surface area (Å²) in [5.41, 5.74) is 9.47. The summed E-state index contributed by atoms with van der Waals surface area (Å²) in [6, 6.07) is 57.8. The van der Waals surface area contributed by atoms with Crippen LogP contribution in [0.4, 0.5) is 0 Å². The first kappa shape index (κ1) is 31.7. The average Bonchev–Trinajstić information content (AvgIpc) is 4.14. The van der Waals surface area contributed by atoms with Crippen molar-refractivity contribution in [2.24, 2.45) is 0 Å². The number of rotatable bonds is 5. The molecule has 276 valence electrons. The molecule has 0 atom stereocenters. The zero-order valence-corrected chi connectivity index (χ0v) is 31.0. The summed E-state index contributed by atoms with van der Waals surface area (Å²) >= 11 is 0. The highest BCUT2D eigenvalue weighted by Crippen LogP contribution is 2.37. The summed E-state index contributed by atoms with van der Waals surface area (Å²) in [5, 5.41) is 19.7. The first-order valence-corrected chi connectivity index (χ1v) is 19.3. The van der Waals surface area contributed by atoms with Crippen LogP contribution in [0.25, 0.3) is 112 Å². The van der Waals surface area contributed by atoms with E-state index in [0.717, 1.165) is 66.5 Å². The van der Waals surface area contributed by atoms with E-state index in [9.17, 15) is 0 Å². The van der Waals surface area contributed by atoms with Gasteiger partial charge in [-0.25, -0.2) is 0 Å². The van der Waals surface area contributed by atoms with Gasteiger partial charge < -0.3 is 8.98 Å². The third kappa shape index (κ3) is 4.69. The Labute approximate surface area is 333 Å². The quantitative estimate of drug-likeness (QED) is 0.172. The van der Waals surface area contributed by atoms with Gasteiger partial charge >= 0.3 is 0 Å². The van der Waals surface area contributed by atoms with Gasteiger partial charge in [-0.1, -0.05) is 133 Å². The number of hydrogen-bond acceptors (Lipinski definition) is 7.